The van der Waals surface area contributed by atoms with Crippen LogP contribution in [0.1, 0.15) is 44.1 Å². The summed E-state index contributed by atoms with van der Waals surface area (Å²) in [5.74, 6) is 2.45. The van der Waals surface area contributed by atoms with Gasteiger partial charge in [-0.05, 0) is 43.1 Å². The van der Waals surface area contributed by atoms with Crippen LogP contribution in [0.4, 0.5) is 0 Å². The fourth-order valence-corrected chi connectivity index (χ4v) is 5.39. The van der Waals surface area contributed by atoms with Crippen LogP contribution in [0.3, 0.4) is 0 Å². The highest BCUT2D eigenvalue weighted by atomic mass is 16.1. The van der Waals surface area contributed by atoms with E-state index in [0.29, 0.717) is 11.7 Å². The minimum Gasteiger partial charge on any atom is -0.299 e. The predicted molar refractivity (Wildman–Crippen MR) is 71.3 cm³/mol. The van der Waals surface area contributed by atoms with E-state index in [4.69, 9.17) is 0 Å². The van der Waals surface area contributed by atoms with Crippen LogP contribution in [0.15, 0.2) is 30.3 Å². The summed E-state index contributed by atoms with van der Waals surface area (Å²) in [6, 6.07) is 10.9. The summed E-state index contributed by atoms with van der Waals surface area (Å²) in [5.41, 5.74) is 1.68. The molecule has 1 aromatic rings. The Balaban J connectivity index is 1.83. The van der Waals surface area contributed by atoms with E-state index < -0.39 is 0 Å². The first-order chi connectivity index (χ1) is 8.84. The molecule has 0 aromatic heterocycles. The van der Waals surface area contributed by atoms with Crippen molar-refractivity contribution in [3.63, 3.8) is 0 Å². The van der Waals surface area contributed by atoms with Crippen molar-refractivity contribution in [1.29, 1.82) is 0 Å². The molecule has 4 rings (SSSR count). The molecule has 0 spiro atoms. The normalized spacial score (nSPS) is 42.0. The van der Waals surface area contributed by atoms with Crippen LogP contribution in [0.5, 0.6) is 0 Å². The van der Waals surface area contributed by atoms with Crippen molar-refractivity contribution in [3.8, 4) is 0 Å². The Kier molecular flexibility index (Phi) is 2.21. The smallest absolute Gasteiger partial charge is 0.137 e. The first-order valence-corrected chi connectivity index (χ1v) is 7.42. The molecule has 1 heteroatoms. The number of Topliss-reactive ketones (excluding diaryl/α,β-unsaturated/α-hetero) is 1. The third-order valence-electron chi connectivity index (χ3n) is 5.89. The largest absolute Gasteiger partial charge is 0.299 e. The standard InChI is InChI=1S/C17H20O/c18-15-10-5-11-17(12-6-2-1-3-7-12)14-9-4-8-13(14)16(15)17/h1-3,6-7,13-14,16H,4-5,8-11H2/t13-,14+,16-,17+/m0/s1. The lowest BCUT2D eigenvalue weighted by atomic mass is 9.41. The van der Waals surface area contributed by atoms with Crippen LogP contribution < -0.4 is 0 Å². The van der Waals surface area contributed by atoms with Crippen molar-refractivity contribution >= 4 is 5.78 Å². The Hall–Kier alpha value is -1.11. The summed E-state index contributed by atoms with van der Waals surface area (Å²) in [6.45, 7) is 0. The average Bonchev–Trinajstić information content (AvgIpc) is 2.81. The maximum absolute atomic E-state index is 12.4. The lowest BCUT2D eigenvalue weighted by molar-refractivity contribution is -0.147. The van der Waals surface area contributed by atoms with E-state index in [-0.39, 0.29) is 5.41 Å². The number of hydrogen-bond acceptors (Lipinski definition) is 1. The molecule has 0 unspecified atom stereocenters. The molecule has 18 heavy (non-hydrogen) atoms. The van der Waals surface area contributed by atoms with Crippen molar-refractivity contribution < 1.29 is 4.79 Å². The van der Waals surface area contributed by atoms with E-state index >= 15 is 0 Å². The number of hydrogen-bond donors (Lipinski definition) is 0. The molecule has 3 fully saturated rings. The van der Waals surface area contributed by atoms with Crippen molar-refractivity contribution in [2.75, 3.05) is 0 Å². The SMILES string of the molecule is O=C1CCC[C@@]2(c3ccccc3)[C@@H]3CCC[C@@H]3[C@@H]12. The second-order valence-electron chi connectivity index (χ2n) is 6.41. The fourth-order valence-electron chi connectivity index (χ4n) is 5.39. The molecule has 0 bridgehead atoms. The van der Waals surface area contributed by atoms with Crippen LogP contribution in [-0.4, -0.2) is 5.78 Å². The monoisotopic (exact) mass is 240 g/mol. The first-order valence-electron chi connectivity index (χ1n) is 7.42. The molecule has 0 aliphatic heterocycles. The lowest BCUT2D eigenvalue weighted by Gasteiger charge is -2.61. The highest BCUT2D eigenvalue weighted by molar-refractivity contribution is 5.86. The zero-order valence-corrected chi connectivity index (χ0v) is 10.8. The Labute approximate surface area is 109 Å². The quantitative estimate of drug-likeness (QED) is 0.731. The summed E-state index contributed by atoms with van der Waals surface area (Å²) >= 11 is 0. The van der Waals surface area contributed by atoms with Crippen LogP contribution in [0.25, 0.3) is 0 Å². The molecule has 0 heterocycles. The number of fused-ring (bicyclic) bond motifs is 4. The van der Waals surface area contributed by atoms with Gasteiger partial charge in [-0.2, -0.15) is 0 Å². The highest BCUT2D eigenvalue weighted by Gasteiger charge is 2.66. The van der Waals surface area contributed by atoms with Gasteiger partial charge in [-0.3, -0.25) is 4.79 Å². The van der Waals surface area contributed by atoms with E-state index in [0.717, 1.165) is 24.7 Å². The number of carbonyl (C=O) groups is 1. The lowest BCUT2D eigenvalue weighted by Crippen LogP contribution is -2.62. The molecule has 94 valence electrons. The summed E-state index contributed by atoms with van der Waals surface area (Å²) in [5, 5.41) is 0. The summed E-state index contributed by atoms with van der Waals surface area (Å²) in [6.07, 6.45) is 7.18. The number of rotatable bonds is 1. The minimum absolute atomic E-state index is 0.234. The van der Waals surface area contributed by atoms with Gasteiger partial charge < -0.3 is 0 Å². The fraction of sp³-hybridized carbons (Fsp3) is 0.588. The van der Waals surface area contributed by atoms with Crippen LogP contribution >= 0.6 is 0 Å². The third-order valence-corrected chi connectivity index (χ3v) is 5.89. The van der Waals surface area contributed by atoms with Gasteiger partial charge in [-0.15, -0.1) is 0 Å². The molecule has 1 aromatic carbocycles. The van der Waals surface area contributed by atoms with E-state index in [1.807, 2.05) is 0 Å². The van der Waals surface area contributed by atoms with Gasteiger partial charge in [0.05, 0.1) is 0 Å². The first kappa shape index (κ1) is 10.8. The molecule has 0 N–H and O–H groups in total. The molecular weight excluding hydrogens is 220 g/mol. The molecule has 0 saturated heterocycles. The molecule has 3 aliphatic rings. The highest BCUT2D eigenvalue weighted by Crippen LogP contribution is 2.67. The summed E-state index contributed by atoms with van der Waals surface area (Å²) < 4.78 is 0. The molecule has 3 aliphatic carbocycles. The number of ketones is 1. The number of benzene rings is 1. The van der Waals surface area contributed by atoms with Gasteiger partial charge in [0.15, 0.2) is 0 Å². The maximum Gasteiger partial charge on any atom is 0.137 e. The van der Waals surface area contributed by atoms with E-state index in [1.54, 1.807) is 0 Å². The van der Waals surface area contributed by atoms with Crippen LogP contribution in [0.2, 0.25) is 0 Å². The van der Waals surface area contributed by atoms with Crippen LogP contribution in [0, 0.1) is 17.8 Å². The Morgan fingerprint density at radius 3 is 2.72 bits per heavy atom. The van der Waals surface area contributed by atoms with Gasteiger partial charge in [0.2, 0.25) is 0 Å². The van der Waals surface area contributed by atoms with Crippen LogP contribution in [-0.2, 0) is 10.2 Å². The van der Waals surface area contributed by atoms with Gasteiger partial charge >= 0.3 is 0 Å². The van der Waals surface area contributed by atoms with Gasteiger partial charge in [-0.1, -0.05) is 36.8 Å². The van der Waals surface area contributed by atoms with Crippen molar-refractivity contribution in [2.24, 2.45) is 17.8 Å². The molecule has 4 atom stereocenters. The van der Waals surface area contributed by atoms with E-state index in [2.05, 4.69) is 30.3 Å². The molecule has 0 radical (unpaired) electrons. The average molecular weight is 240 g/mol. The molecular formula is C17H20O. The number of carbonyl (C=O) groups excluding carboxylic acids is 1. The zero-order valence-electron chi connectivity index (χ0n) is 10.8. The minimum atomic E-state index is 0.234. The van der Waals surface area contributed by atoms with Crippen molar-refractivity contribution in [1.82, 2.24) is 0 Å². The van der Waals surface area contributed by atoms with E-state index in [1.165, 1.54) is 31.2 Å². The van der Waals surface area contributed by atoms with Gasteiger partial charge in [0.1, 0.15) is 5.78 Å². The maximum atomic E-state index is 12.4. The van der Waals surface area contributed by atoms with E-state index in [9.17, 15) is 4.79 Å². The Bertz CT molecular complexity index is 478. The summed E-state index contributed by atoms with van der Waals surface area (Å²) in [7, 11) is 0. The molecule has 0 amide bonds. The second kappa shape index (κ2) is 3.69. The third kappa shape index (κ3) is 1.15. The predicted octanol–water partition coefficient (Wildman–Crippen LogP) is 3.72. The van der Waals surface area contributed by atoms with Gasteiger partial charge in [0, 0.05) is 17.8 Å². The zero-order chi connectivity index (χ0) is 12.2. The second-order valence-corrected chi connectivity index (χ2v) is 6.41. The topological polar surface area (TPSA) is 17.1 Å². The molecule has 1 nitrogen and oxygen atoms in total. The van der Waals surface area contributed by atoms with Crippen molar-refractivity contribution in [2.45, 2.75) is 43.9 Å². The van der Waals surface area contributed by atoms with Crippen molar-refractivity contribution in [3.05, 3.63) is 35.9 Å². The molecule has 3 saturated carbocycles. The summed E-state index contributed by atoms with van der Waals surface area (Å²) in [4.78, 5) is 12.4. The Morgan fingerprint density at radius 2 is 1.89 bits per heavy atom. The Morgan fingerprint density at radius 1 is 1.06 bits per heavy atom. The van der Waals surface area contributed by atoms with Gasteiger partial charge in [0.25, 0.3) is 0 Å². The van der Waals surface area contributed by atoms with Gasteiger partial charge in [-0.25, -0.2) is 0 Å².